The summed E-state index contributed by atoms with van der Waals surface area (Å²) in [5, 5.41) is -0.156. The number of nitrogens with zero attached hydrogens (tertiary/aromatic N) is 3. The normalized spacial score (nSPS) is 32.7. The van der Waals surface area contributed by atoms with Crippen molar-refractivity contribution in [2.75, 3.05) is 57.8 Å². The highest BCUT2D eigenvalue weighted by Gasteiger charge is 2.50. The second kappa shape index (κ2) is 16.0. The first-order valence-corrected chi connectivity index (χ1v) is 21.6. The molecule has 1 amide bonds. The van der Waals surface area contributed by atoms with Gasteiger partial charge in [0.2, 0.25) is 10.0 Å². The third-order valence-electron chi connectivity index (χ3n) is 13.0. The number of alkyl halides is 2. The summed E-state index contributed by atoms with van der Waals surface area (Å²) >= 11 is 6.39. The summed E-state index contributed by atoms with van der Waals surface area (Å²) in [5.41, 5.74) is 2.51. The fraction of sp³-hybridized carbons (Fsp3) is 0.634. The largest absolute Gasteiger partial charge is 0.487 e. The van der Waals surface area contributed by atoms with Crippen molar-refractivity contribution in [1.82, 2.24) is 14.5 Å². The van der Waals surface area contributed by atoms with Gasteiger partial charge in [-0.25, -0.2) is 21.9 Å². The fourth-order valence-corrected chi connectivity index (χ4v) is 10.8. The number of benzene rings is 2. The average Bonchev–Trinajstić information content (AvgIpc) is 3.14. The molecule has 0 aromatic heterocycles. The van der Waals surface area contributed by atoms with E-state index in [1.807, 2.05) is 31.2 Å². The number of sulfonamides is 1. The lowest BCUT2D eigenvalue weighted by molar-refractivity contribution is -0.119. The van der Waals surface area contributed by atoms with Crippen LogP contribution in [-0.2, 0) is 27.8 Å². The van der Waals surface area contributed by atoms with Crippen LogP contribution in [0.3, 0.4) is 0 Å². The molecule has 296 valence electrons. The van der Waals surface area contributed by atoms with Crippen LogP contribution in [0, 0.1) is 17.8 Å². The van der Waals surface area contributed by atoms with Crippen LogP contribution in [0.25, 0.3) is 0 Å². The lowest BCUT2D eigenvalue weighted by Crippen LogP contribution is -2.62. The van der Waals surface area contributed by atoms with E-state index >= 15 is 0 Å². The molecule has 2 aromatic carbocycles. The van der Waals surface area contributed by atoms with Crippen molar-refractivity contribution >= 4 is 33.2 Å². The standard InChI is InChI=1S/C41H55ClF2N4O5S/c1-28-7-6-15-40(52-3,27-46-19-20-47-18-16-41(43,44)23-35(47)25-46)36-13-10-32(36)24-48-17-5-4-8-30-21-34(42)12-9-33(30)26-53-38-14-11-31(22-37(38)48)39(49)45-54(50,51)29(28)2/h6,9,11-12,14-15,21-22,28-29,32,35-36H,4-5,7-8,10,13,16-20,23-27H2,1-3H3,(H,45,49)/b15-6+/t28-,29+,32-,35-,36+,40+/m0/s1. The van der Waals surface area contributed by atoms with Gasteiger partial charge in [0.1, 0.15) is 18.0 Å². The number of halogens is 3. The molecule has 2 aromatic rings. The maximum Gasteiger partial charge on any atom is 0.264 e. The second-order valence-corrected chi connectivity index (χ2v) is 18.9. The van der Waals surface area contributed by atoms with Gasteiger partial charge in [-0.3, -0.25) is 14.6 Å². The lowest BCUT2D eigenvalue weighted by atomic mass is 9.63. The number of amides is 1. The number of rotatable bonds is 3. The zero-order valence-corrected chi connectivity index (χ0v) is 33.3. The van der Waals surface area contributed by atoms with Gasteiger partial charge >= 0.3 is 0 Å². The van der Waals surface area contributed by atoms with Crippen molar-refractivity contribution in [3.63, 3.8) is 0 Å². The van der Waals surface area contributed by atoms with Crippen molar-refractivity contribution in [2.24, 2.45) is 17.8 Å². The van der Waals surface area contributed by atoms with E-state index in [0.717, 1.165) is 62.0 Å². The smallest absolute Gasteiger partial charge is 0.264 e. The Hall–Kier alpha value is -2.77. The fourth-order valence-electron chi connectivity index (χ4n) is 9.32. The van der Waals surface area contributed by atoms with Gasteiger partial charge in [-0.05, 0) is 105 Å². The minimum absolute atomic E-state index is 0.0819. The van der Waals surface area contributed by atoms with Gasteiger partial charge in [0.05, 0.1) is 10.9 Å². The molecule has 9 nitrogen and oxygen atoms in total. The monoisotopic (exact) mass is 788 g/mol. The van der Waals surface area contributed by atoms with Crippen LogP contribution in [-0.4, -0.2) is 99.9 Å². The van der Waals surface area contributed by atoms with Crippen LogP contribution in [0.2, 0.25) is 5.02 Å². The van der Waals surface area contributed by atoms with Gasteiger partial charge in [0, 0.05) is 82.4 Å². The summed E-state index contributed by atoms with van der Waals surface area (Å²) in [7, 11) is -2.26. The van der Waals surface area contributed by atoms with E-state index in [0.29, 0.717) is 56.5 Å². The zero-order chi connectivity index (χ0) is 38.3. The predicted molar refractivity (Wildman–Crippen MR) is 208 cm³/mol. The molecule has 1 aliphatic carbocycles. The molecule has 0 spiro atoms. The van der Waals surface area contributed by atoms with E-state index < -0.39 is 32.7 Å². The Morgan fingerprint density at radius 3 is 2.63 bits per heavy atom. The van der Waals surface area contributed by atoms with Gasteiger partial charge in [0.25, 0.3) is 11.8 Å². The number of carbonyl (C=O) groups excluding carboxylic acids is 1. The van der Waals surface area contributed by atoms with Crippen LogP contribution >= 0.6 is 11.6 Å². The molecular formula is C41H55ClF2N4O5S. The second-order valence-electron chi connectivity index (χ2n) is 16.4. The van der Waals surface area contributed by atoms with Crippen molar-refractivity contribution in [1.29, 1.82) is 0 Å². The van der Waals surface area contributed by atoms with E-state index in [4.69, 9.17) is 21.1 Å². The molecule has 2 saturated heterocycles. The SMILES string of the molecule is CO[C@@]1(CN2CCN3CCC(F)(F)C[C@H]3C2)/C=C/C[C@H](C)[C@@H](C)S(=O)(=O)NC(=O)c2ccc3c(c2)N(CCCCc2cc(Cl)ccc2CO3)C[C@@H]2CC[C@H]21. The molecule has 5 aliphatic rings. The number of allylic oxidation sites excluding steroid dienone is 1. The number of aryl methyl sites for hydroxylation is 1. The molecule has 0 unspecified atom stereocenters. The molecular weight excluding hydrogens is 734 g/mol. The summed E-state index contributed by atoms with van der Waals surface area (Å²) < 4.78 is 71.8. The number of fused-ring (bicyclic) bond motifs is 4. The molecule has 7 rings (SSSR count). The van der Waals surface area contributed by atoms with Crippen molar-refractivity contribution in [3.05, 3.63) is 70.3 Å². The summed E-state index contributed by atoms with van der Waals surface area (Å²) in [6.45, 7) is 8.32. The summed E-state index contributed by atoms with van der Waals surface area (Å²) in [5.74, 6) is -2.61. The molecule has 3 fully saturated rings. The number of piperidine rings is 1. The molecule has 0 radical (unpaired) electrons. The molecule has 6 atom stereocenters. The third-order valence-corrected chi connectivity index (χ3v) is 15.2. The van der Waals surface area contributed by atoms with Crippen LogP contribution in [0.15, 0.2) is 48.6 Å². The van der Waals surface area contributed by atoms with Crippen LogP contribution in [0.5, 0.6) is 5.75 Å². The minimum Gasteiger partial charge on any atom is -0.487 e. The Kier molecular flexibility index (Phi) is 11.7. The number of nitrogens with one attached hydrogen (secondary N) is 1. The predicted octanol–water partition coefficient (Wildman–Crippen LogP) is 6.93. The minimum atomic E-state index is -4.02. The molecule has 4 aliphatic heterocycles. The highest BCUT2D eigenvalue weighted by molar-refractivity contribution is 7.90. The highest BCUT2D eigenvalue weighted by atomic mass is 35.5. The first-order chi connectivity index (χ1) is 25.8. The van der Waals surface area contributed by atoms with Crippen molar-refractivity contribution in [3.8, 4) is 5.75 Å². The summed E-state index contributed by atoms with van der Waals surface area (Å²) in [6.07, 6.45) is 9.05. The quantitative estimate of drug-likeness (QED) is 0.335. The Bertz CT molecular complexity index is 1830. The third kappa shape index (κ3) is 8.48. The topological polar surface area (TPSA) is 91.4 Å². The van der Waals surface area contributed by atoms with Crippen molar-refractivity contribution < 1.29 is 31.5 Å². The maximum atomic E-state index is 14.6. The van der Waals surface area contributed by atoms with E-state index in [1.54, 1.807) is 32.2 Å². The Labute approximate surface area is 324 Å². The number of anilines is 1. The number of carbonyl (C=O) groups is 1. The maximum absolute atomic E-state index is 14.6. The van der Waals surface area contributed by atoms with Crippen LogP contribution < -0.4 is 14.4 Å². The Morgan fingerprint density at radius 1 is 1.02 bits per heavy atom. The lowest BCUT2D eigenvalue weighted by Gasteiger charge is -2.53. The highest BCUT2D eigenvalue weighted by Crippen LogP contribution is 2.47. The van der Waals surface area contributed by atoms with Gasteiger partial charge < -0.3 is 14.4 Å². The van der Waals surface area contributed by atoms with E-state index in [9.17, 15) is 22.0 Å². The van der Waals surface area contributed by atoms with Crippen LogP contribution in [0.1, 0.15) is 80.3 Å². The number of ether oxygens (including phenoxy) is 2. The van der Waals surface area contributed by atoms with E-state index in [-0.39, 0.29) is 42.2 Å². The number of methoxy groups -OCH3 is 1. The van der Waals surface area contributed by atoms with Gasteiger partial charge in [-0.1, -0.05) is 36.7 Å². The molecule has 1 saturated carbocycles. The van der Waals surface area contributed by atoms with E-state index in [1.165, 1.54) is 0 Å². The van der Waals surface area contributed by atoms with Gasteiger partial charge in [0.15, 0.2) is 0 Å². The first kappa shape index (κ1) is 39.5. The molecule has 54 heavy (non-hydrogen) atoms. The summed E-state index contributed by atoms with van der Waals surface area (Å²) in [4.78, 5) is 20.4. The molecule has 2 bridgehead atoms. The van der Waals surface area contributed by atoms with Crippen molar-refractivity contribution in [2.45, 2.75) is 94.6 Å². The van der Waals surface area contributed by atoms with Gasteiger partial charge in [-0.2, -0.15) is 0 Å². The molecule has 4 heterocycles. The first-order valence-electron chi connectivity index (χ1n) is 19.7. The average molecular weight is 789 g/mol. The van der Waals surface area contributed by atoms with Crippen LogP contribution in [0.4, 0.5) is 14.5 Å². The van der Waals surface area contributed by atoms with E-state index in [2.05, 4.69) is 25.5 Å². The zero-order valence-electron chi connectivity index (χ0n) is 31.7. The van der Waals surface area contributed by atoms with Gasteiger partial charge in [-0.15, -0.1) is 0 Å². The number of hydrogen-bond acceptors (Lipinski definition) is 8. The number of piperazine rings is 1. The Balaban J connectivity index is 1.24. The number of hydrogen-bond donors (Lipinski definition) is 1. The summed E-state index contributed by atoms with van der Waals surface area (Å²) in [6, 6.07) is 10.9. The Morgan fingerprint density at radius 2 is 1.85 bits per heavy atom. The molecule has 13 heteroatoms. The molecule has 1 N–H and O–H groups in total.